The lowest BCUT2D eigenvalue weighted by Gasteiger charge is -2.23. The molecule has 0 rings (SSSR count). The summed E-state index contributed by atoms with van der Waals surface area (Å²) in [4.78, 5) is 10.8. The minimum Gasteiger partial charge on any atom is -0.463 e. The maximum absolute atomic E-state index is 10.8. The van der Waals surface area contributed by atoms with Gasteiger partial charge < -0.3 is 18.7 Å². The first-order chi connectivity index (χ1) is 7.95. The summed E-state index contributed by atoms with van der Waals surface area (Å²) in [6.07, 6.45) is 0. The van der Waals surface area contributed by atoms with E-state index in [0.717, 1.165) is 17.6 Å². The third-order valence-corrected chi connectivity index (χ3v) is 2.50. The minimum atomic E-state index is -0.201. The van der Waals surface area contributed by atoms with Crippen molar-refractivity contribution in [3.05, 3.63) is 0 Å². The molecule has 0 aromatic rings. The average molecular weight is 376 g/mol. The smallest absolute Gasteiger partial charge is 0.315 e. The lowest BCUT2D eigenvalue weighted by molar-refractivity contribution is -0.870. The van der Waals surface area contributed by atoms with Gasteiger partial charge in [0.15, 0.2) is 0 Å². The molecule has 0 aromatic heterocycles. The van der Waals surface area contributed by atoms with E-state index in [9.17, 15) is 4.79 Å². The van der Waals surface area contributed by atoms with Crippen LogP contribution in [0.2, 0.25) is 0 Å². The van der Waals surface area contributed by atoms with Crippen molar-refractivity contribution in [3.63, 3.8) is 0 Å². The Kier molecular flexibility index (Phi) is 13.7. The second-order valence-corrected chi connectivity index (χ2v) is 5.36. The summed E-state index contributed by atoms with van der Waals surface area (Å²) < 4.78 is 16.8. The molecular weight excluding hydrogens is 349 g/mol. The quantitative estimate of drug-likeness (QED) is 0.190. The van der Waals surface area contributed by atoms with Crippen LogP contribution in [0.4, 0.5) is 0 Å². The van der Waals surface area contributed by atoms with E-state index < -0.39 is 0 Å². The first-order valence-electron chi connectivity index (χ1n) is 5.63. The fraction of sp³-hybridized carbons (Fsp3) is 0.917. The van der Waals surface area contributed by atoms with Crippen molar-refractivity contribution in [1.29, 1.82) is 0 Å². The van der Waals surface area contributed by atoms with Crippen molar-refractivity contribution in [2.24, 2.45) is 0 Å². The molecule has 0 saturated heterocycles. The number of hydrogen-bond acceptors (Lipinski definition) is 4. The topological polar surface area (TPSA) is 44.8 Å². The van der Waals surface area contributed by atoms with Crippen LogP contribution in [0.3, 0.4) is 0 Å². The molecule has 0 aliphatic rings. The number of ether oxygens (including phenoxy) is 3. The molecule has 0 spiro atoms. The van der Waals surface area contributed by atoms with Crippen molar-refractivity contribution in [2.45, 2.75) is 7.43 Å². The van der Waals surface area contributed by atoms with E-state index in [1.807, 2.05) is 22.6 Å². The van der Waals surface area contributed by atoms with Crippen LogP contribution in [-0.2, 0) is 19.0 Å². The Hall–Kier alpha value is 0.0800. The number of rotatable bonds is 10. The molecule has 0 aliphatic heterocycles. The first kappa shape index (κ1) is 20.4. The lowest BCUT2D eigenvalue weighted by atomic mass is 10.5. The SMILES string of the molecule is C.C[N+](C)(C)CCOCCOCCOC(=O)CI. The number of carbonyl (C=O) groups excluding carboxylic acids is 1. The number of carbonyl (C=O) groups is 1. The molecule has 0 bridgehead atoms. The molecule has 0 atom stereocenters. The fourth-order valence-electron chi connectivity index (χ4n) is 0.913. The Labute approximate surface area is 124 Å². The van der Waals surface area contributed by atoms with Crippen LogP contribution in [0.1, 0.15) is 7.43 Å². The molecule has 18 heavy (non-hydrogen) atoms. The third kappa shape index (κ3) is 16.1. The van der Waals surface area contributed by atoms with Gasteiger partial charge in [0.25, 0.3) is 0 Å². The Bertz CT molecular complexity index is 207. The van der Waals surface area contributed by atoms with E-state index in [-0.39, 0.29) is 13.4 Å². The highest BCUT2D eigenvalue weighted by Gasteiger charge is 2.05. The number of alkyl halides is 1. The Morgan fingerprint density at radius 1 is 1.00 bits per heavy atom. The number of likely N-dealkylation sites (N-methyl/N-ethyl adjacent to an activating group) is 1. The molecule has 0 saturated carbocycles. The van der Waals surface area contributed by atoms with Gasteiger partial charge in [-0.15, -0.1) is 0 Å². The molecule has 0 unspecified atom stereocenters. The van der Waals surface area contributed by atoms with Gasteiger partial charge in [-0.3, -0.25) is 4.79 Å². The number of esters is 1. The van der Waals surface area contributed by atoms with Gasteiger partial charge >= 0.3 is 5.97 Å². The Morgan fingerprint density at radius 3 is 2.00 bits per heavy atom. The van der Waals surface area contributed by atoms with E-state index in [2.05, 4.69) is 21.1 Å². The summed E-state index contributed by atoms with van der Waals surface area (Å²) in [5.74, 6) is -0.201. The van der Waals surface area contributed by atoms with Gasteiger partial charge in [-0.2, -0.15) is 0 Å². The monoisotopic (exact) mass is 376 g/mol. The number of halogens is 1. The van der Waals surface area contributed by atoms with Crippen LogP contribution >= 0.6 is 22.6 Å². The van der Waals surface area contributed by atoms with Crippen molar-refractivity contribution in [2.75, 3.05) is 65.1 Å². The molecule has 0 aliphatic carbocycles. The second-order valence-electron chi connectivity index (χ2n) is 4.59. The molecule has 0 N–H and O–H groups in total. The van der Waals surface area contributed by atoms with Crippen LogP contribution in [0.15, 0.2) is 0 Å². The van der Waals surface area contributed by atoms with Crippen LogP contribution in [0, 0.1) is 0 Å². The van der Waals surface area contributed by atoms with Crippen LogP contribution in [-0.4, -0.2) is 75.6 Å². The van der Waals surface area contributed by atoms with Crippen molar-refractivity contribution < 1.29 is 23.5 Å². The second kappa shape index (κ2) is 12.1. The summed E-state index contributed by atoms with van der Waals surface area (Å²) in [6.45, 7) is 3.59. The summed E-state index contributed by atoms with van der Waals surface area (Å²) in [5, 5.41) is 0. The highest BCUT2D eigenvalue weighted by Crippen LogP contribution is 1.90. The molecule has 110 valence electrons. The Morgan fingerprint density at radius 2 is 1.50 bits per heavy atom. The van der Waals surface area contributed by atoms with Gasteiger partial charge in [0.05, 0.1) is 52.0 Å². The highest BCUT2D eigenvalue weighted by molar-refractivity contribution is 14.1. The van der Waals surface area contributed by atoms with Crippen molar-refractivity contribution in [1.82, 2.24) is 0 Å². The van der Waals surface area contributed by atoms with Gasteiger partial charge in [-0.25, -0.2) is 0 Å². The maximum atomic E-state index is 10.8. The molecule has 0 radical (unpaired) electrons. The molecule has 0 aromatic carbocycles. The molecule has 6 heteroatoms. The molecule has 0 fully saturated rings. The first-order valence-corrected chi connectivity index (χ1v) is 7.16. The van der Waals surface area contributed by atoms with Crippen molar-refractivity contribution in [3.8, 4) is 0 Å². The highest BCUT2D eigenvalue weighted by atomic mass is 127. The standard InChI is InChI=1S/C11H23INO4.CH4/c1-13(2,3)4-5-15-6-7-16-8-9-17-11(14)10-12;/h4-10H2,1-3H3;1H4/q+1;. The van der Waals surface area contributed by atoms with Gasteiger partial charge in [-0.1, -0.05) is 30.0 Å². The van der Waals surface area contributed by atoms with Crippen LogP contribution < -0.4 is 0 Å². The predicted molar refractivity (Wildman–Crippen MR) is 81.1 cm³/mol. The largest absolute Gasteiger partial charge is 0.463 e. The van der Waals surface area contributed by atoms with E-state index in [1.54, 1.807) is 0 Å². The van der Waals surface area contributed by atoms with Crippen LogP contribution in [0.5, 0.6) is 0 Å². The number of hydrogen-bond donors (Lipinski definition) is 0. The van der Waals surface area contributed by atoms with E-state index in [4.69, 9.17) is 14.2 Å². The predicted octanol–water partition coefficient (Wildman–Crippen LogP) is 1.34. The zero-order valence-electron chi connectivity index (χ0n) is 10.9. The molecular formula is C12H27INO4+. The van der Waals surface area contributed by atoms with E-state index in [0.29, 0.717) is 30.9 Å². The summed E-state index contributed by atoms with van der Waals surface area (Å²) in [5.41, 5.74) is 0. The van der Waals surface area contributed by atoms with Gasteiger partial charge in [0.2, 0.25) is 0 Å². The fourth-order valence-corrected chi connectivity index (χ4v) is 1.13. The zero-order valence-corrected chi connectivity index (χ0v) is 13.1. The maximum Gasteiger partial charge on any atom is 0.315 e. The van der Waals surface area contributed by atoms with Gasteiger partial charge in [0.1, 0.15) is 13.2 Å². The van der Waals surface area contributed by atoms with Gasteiger partial charge in [-0.05, 0) is 0 Å². The van der Waals surface area contributed by atoms with E-state index in [1.165, 1.54) is 0 Å². The molecule has 0 amide bonds. The Balaban J connectivity index is 0. The average Bonchev–Trinajstić information content (AvgIpc) is 2.25. The van der Waals surface area contributed by atoms with Crippen LogP contribution in [0.25, 0.3) is 0 Å². The third-order valence-electron chi connectivity index (χ3n) is 1.88. The van der Waals surface area contributed by atoms with Crippen molar-refractivity contribution >= 4 is 28.6 Å². The van der Waals surface area contributed by atoms with Gasteiger partial charge in [0, 0.05) is 0 Å². The minimum absolute atomic E-state index is 0. The lowest BCUT2D eigenvalue weighted by Crippen LogP contribution is -2.37. The summed E-state index contributed by atoms with van der Waals surface area (Å²) in [6, 6.07) is 0. The van der Waals surface area contributed by atoms with E-state index >= 15 is 0 Å². The normalized spacial score (nSPS) is 10.9. The zero-order chi connectivity index (χ0) is 13.1. The molecule has 5 nitrogen and oxygen atoms in total. The summed E-state index contributed by atoms with van der Waals surface area (Å²) >= 11 is 1.97. The molecule has 0 heterocycles. The number of nitrogens with zero attached hydrogens (tertiary/aromatic N) is 1. The number of quaternary nitrogens is 1. The summed E-state index contributed by atoms with van der Waals surface area (Å²) in [7, 11) is 6.38.